The summed E-state index contributed by atoms with van der Waals surface area (Å²) in [5.74, 6) is -0.651. The van der Waals surface area contributed by atoms with Crippen LogP contribution in [0.2, 0.25) is 0 Å². The van der Waals surface area contributed by atoms with E-state index in [1.165, 1.54) is 6.33 Å². The number of fused-ring (bicyclic) bond motifs is 1. The Kier molecular flexibility index (Phi) is 3.46. The Hall–Kier alpha value is -2.22. The maximum Gasteiger partial charge on any atom is 0.305 e. The second-order valence-electron chi connectivity index (χ2n) is 4.87. The lowest BCUT2D eigenvalue weighted by atomic mass is 10.1. The second kappa shape index (κ2) is 5.28. The summed E-state index contributed by atoms with van der Waals surface area (Å²) >= 11 is 1.55. The molecule has 8 heteroatoms. The van der Waals surface area contributed by atoms with Gasteiger partial charge in [-0.2, -0.15) is 0 Å². The van der Waals surface area contributed by atoms with Crippen molar-refractivity contribution >= 4 is 39.2 Å². The van der Waals surface area contributed by atoms with Crippen LogP contribution in [0.25, 0.3) is 10.2 Å². The first kappa shape index (κ1) is 13.7. The van der Waals surface area contributed by atoms with Crippen LogP contribution in [0.3, 0.4) is 0 Å². The number of carbonyl (C=O) groups is 2. The van der Waals surface area contributed by atoms with Crippen LogP contribution in [-0.2, 0) is 9.59 Å². The molecule has 1 saturated heterocycles. The fourth-order valence-electron chi connectivity index (χ4n) is 2.53. The van der Waals surface area contributed by atoms with Crippen molar-refractivity contribution < 1.29 is 14.7 Å². The number of nitrogens with one attached hydrogen (secondary N) is 1. The number of rotatable bonds is 3. The number of hydrogen-bond acceptors (Lipinski definition) is 6. The van der Waals surface area contributed by atoms with Crippen LogP contribution in [0.4, 0.5) is 5.82 Å². The molecule has 110 valence electrons. The van der Waals surface area contributed by atoms with Crippen molar-refractivity contribution in [3.63, 3.8) is 0 Å². The molecule has 0 aromatic carbocycles. The van der Waals surface area contributed by atoms with Crippen molar-refractivity contribution in [2.75, 3.05) is 18.0 Å². The Labute approximate surface area is 124 Å². The van der Waals surface area contributed by atoms with Gasteiger partial charge in [0.2, 0.25) is 5.91 Å². The Morgan fingerprint density at radius 3 is 3.14 bits per heavy atom. The van der Waals surface area contributed by atoms with Gasteiger partial charge in [0.25, 0.3) is 0 Å². The molecule has 0 radical (unpaired) electrons. The van der Waals surface area contributed by atoms with Gasteiger partial charge in [-0.05, 0) is 13.0 Å². The zero-order chi connectivity index (χ0) is 15.0. The van der Waals surface area contributed by atoms with Gasteiger partial charge in [0.15, 0.2) is 0 Å². The third kappa shape index (κ3) is 2.54. The van der Waals surface area contributed by atoms with Crippen molar-refractivity contribution in [2.45, 2.75) is 19.4 Å². The SMILES string of the molecule is Cc1cc2c(N3CCNC(=O)C3CC(=O)O)ncnc2s1. The van der Waals surface area contributed by atoms with Crippen LogP contribution in [0.15, 0.2) is 12.4 Å². The summed E-state index contributed by atoms with van der Waals surface area (Å²) in [6, 6.07) is 1.23. The monoisotopic (exact) mass is 306 g/mol. The molecule has 3 heterocycles. The fourth-order valence-corrected chi connectivity index (χ4v) is 3.37. The van der Waals surface area contributed by atoms with E-state index in [4.69, 9.17) is 5.11 Å². The summed E-state index contributed by atoms with van der Waals surface area (Å²) in [4.78, 5) is 35.2. The molecule has 7 nitrogen and oxygen atoms in total. The molecule has 2 N–H and O–H groups in total. The number of aromatic nitrogens is 2. The predicted molar refractivity (Wildman–Crippen MR) is 78.5 cm³/mol. The molecule has 0 bridgehead atoms. The van der Waals surface area contributed by atoms with Crippen LogP contribution in [-0.4, -0.2) is 46.1 Å². The molecule has 3 rings (SSSR count). The van der Waals surface area contributed by atoms with Gasteiger partial charge in [-0.1, -0.05) is 0 Å². The van der Waals surface area contributed by atoms with Gasteiger partial charge in [0, 0.05) is 18.0 Å². The van der Waals surface area contributed by atoms with Crippen molar-refractivity contribution in [3.8, 4) is 0 Å². The first-order valence-electron chi connectivity index (χ1n) is 6.53. The van der Waals surface area contributed by atoms with Crippen molar-refractivity contribution in [1.82, 2.24) is 15.3 Å². The standard InChI is InChI=1S/C13H14N4O3S/c1-7-4-8-11(15-6-16-13(8)21-7)17-3-2-14-12(20)9(17)5-10(18)19/h4,6,9H,2-3,5H2,1H3,(H,14,20)(H,18,19). The highest BCUT2D eigenvalue weighted by atomic mass is 32.1. The zero-order valence-corrected chi connectivity index (χ0v) is 12.2. The van der Waals surface area contributed by atoms with Crippen LogP contribution >= 0.6 is 11.3 Å². The Bertz CT molecular complexity index is 715. The lowest BCUT2D eigenvalue weighted by Gasteiger charge is -2.35. The molecule has 1 unspecified atom stereocenters. The summed E-state index contributed by atoms with van der Waals surface area (Å²) < 4.78 is 0. The quantitative estimate of drug-likeness (QED) is 0.870. The highest BCUT2D eigenvalue weighted by Gasteiger charge is 2.33. The molecule has 1 aliphatic rings. The molecule has 21 heavy (non-hydrogen) atoms. The predicted octanol–water partition coefficient (Wildman–Crippen LogP) is 0.779. The average molecular weight is 306 g/mol. The van der Waals surface area contributed by atoms with E-state index in [0.29, 0.717) is 18.9 Å². The minimum Gasteiger partial charge on any atom is -0.481 e. The van der Waals surface area contributed by atoms with Crippen LogP contribution in [0, 0.1) is 6.92 Å². The van der Waals surface area contributed by atoms with Gasteiger partial charge < -0.3 is 15.3 Å². The highest BCUT2D eigenvalue weighted by Crippen LogP contribution is 2.31. The normalized spacial score (nSPS) is 18.8. The molecule has 0 spiro atoms. The first-order valence-corrected chi connectivity index (χ1v) is 7.35. The molecule has 0 saturated carbocycles. The number of carboxylic acids is 1. The summed E-state index contributed by atoms with van der Waals surface area (Å²) in [7, 11) is 0. The van der Waals surface area contributed by atoms with E-state index in [2.05, 4.69) is 15.3 Å². The topological polar surface area (TPSA) is 95.4 Å². The van der Waals surface area contributed by atoms with Gasteiger partial charge in [0.05, 0.1) is 11.8 Å². The summed E-state index contributed by atoms with van der Waals surface area (Å²) in [6.45, 7) is 2.99. The molecule has 1 amide bonds. The second-order valence-corrected chi connectivity index (χ2v) is 6.11. The maximum atomic E-state index is 12.0. The highest BCUT2D eigenvalue weighted by molar-refractivity contribution is 7.18. The van der Waals surface area contributed by atoms with E-state index in [-0.39, 0.29) is 12.3 Å². The van der Waals surface area contributed by atoms with E-state index in [0.717, 1.165) is 15.1 Å². The molecule has 1 aliphatic heterocycles. The largest absolute Gasteiger partial charge is 0.481 e. The molecular weight excluding hydrogens is 292 g/mol. The lowest BCUT2D eigenvalue weighted by Crippen LogP contribution is -2.56. The number of aliphatic carboxylic acids is 1. The lowest BCUT2D eigenvalue weighted by molar-refractivity contribution is -0.139. The number of hydrogen-bond donors (Lipinski definition) is 2. The number of carbonyl (C=O) groups excluding carboxylic acids is 1. The van der Waals surface area contributed by atoms with Crippen LogP contribution in [0.5, 0.6) is 0 Å². The van der Waals surface area contributed by atoms with Gasteiger partial charge in [-0.15, -0.1) is 11.3 Å². The number of amides is 1. The van der Waals surface area contributed by atoms with Crippen molar-refractivity contribution in [2.24, 2.45) is 0 Å². The number of anilines is 1. The minimum absolute atomic E-state index is 0.250. The van der Waals surface area contributed by atoms with Gasteiger partial charge >= 0.3 is 5.97 Å². The smallest absolute Gasteiger partial charge is 0.305 e. The number of aryl methyl sites for hydroxylation is 1. The van der Waals surface area contributed by atoms with Gasteiger partial charge in [0.1, 0.15) is 23.0 Å². The Morgan fingerprint density at radius 2 is 2.38 bits per heavy atom. The minimum atomic E-state index is -1.01. The van der Waals surface area contributed by atoms with Crippen LogP contribution in [0.1, 0.15) is 11.3 Å². The summed E-state index contributed by atoms with van der Waals surface area (Å²) in [5, 5.41) is 12.6. The molecule has 1 fully saturated rings. The summed E-state index contributed by atoms with van der Waals surface area (Å²) in [6.07, 6.45) is 1.21. The number of nitrogens with zero attached hydrogens (tertiary/aromatic N) is 3. The first-order chi connectivity index (χ1) is 10.1. The van der Waals surface area contributed by atoms with Crippen molar-refractivity contribution in [3.05, 3.63) is 17.3 Å². The Balaban J connectivity index is 2.06. The van der Waals surface area contributed by atoms with E-state index in [1.807, 2.05) is 13.0 Å². The fraction of sp³-hybridized carbons (Fsp3) is 0.385. The number of piperazine rings is 1. The summed E-state index contributed by atoms with van der Waals surface area (Å²) in [5.41, 5.74) is 0. The number of carboxylic acid groups (broad SMARTS) is 1. The van der Waals surface area contributed by atoms with E-state index < -0.39 is 12.0 Å². The molecule has 2 aromatic rings. The maximum absolute atomic E-state index is 12.0. The van der Waals surface area contributed by atoms with E-state index in [9.17, 15) is 9.59 Å². The van der Waals surface area contributed by atoms with Gasteiger partial charge in [-0.3, -0.25) is 9.59 Å². The van der Waals surface area contributed by atoms with E-state index >= 15 is 0 Å². The molecule has 1 atom stereocenters. The average Bonchev–Trinajstić information content (AvgIpc) is 2.80. The van der Waals surface area contributed by atoms with Crippen LogP contribution < -0.4 is 10.2 Å². The van der Waals surface area contributed by atoms with Gasteiger partial charge in [-0.25, -0.2) is 9.97 Å². The number of thiophene rings is 1. The third-order valence-electron chi connectivity index (χ3n) is 3.40. The van der Waals surface area contributed by atoms with E-state index in [1.54, 1.807) is 16.2 Å². The Morgan fingerprint density at radius 1 is 1.57 bits per heavy atom. The molecular formula is C13H14N4O3S. The zero-order valence-electron chi connectivity index (χ0n) is 11.4. The third-order valence-corrected chi connectivity index (χ3v) is 4.36. The molecule has 0 aliphatic carbocycles. The van der Waals surface area contributed by atoms with Crippen molar-refractivity contribution in [1.29, 1.82) is 0 Å². The molecule has 2 aromatic heterocycles.